The van der Waals surface area contributed by atoms with Gasteiger partial charge >= 0.3 is 6.18 Å². The summed E-state index contributed by atoms with van der Waals surface area (Å²) in [7, 11) is 0. The first-order chi connectivity index (χ1) is 20.7. The van der Waals surface area contributed by atoms with Crippen LogP contribution in [0.5, 0.6) is 5.75 Å². The monoisotopic (exact) mass is 729 g/mol. The summed E-state index contributed by atoms with van der Waals surface area (Å²) >= 11 is 2.68. The third-order valence-corrected chi connectivity index (χ3v) is 9.16. The second-order valence-electron chi connectivity index (χ2n) is 10.5. The molecule has 2 fully saturated rings. The molecule has 1 atom stereocenters. The zero-order valence-electron chi connectivity index (χ0n) is 23.4. The molecule has 1 N–H and O–H groups in total. The summed E-state index contributed by atoms with van der Waals surface area (Å²) in [6, 6.07) is 4.21. The van der Waals surface area contributed by atoms with Crippen LogP contribution in [0.25, 0.3) is 11.3 Å². The van der Waals surface area contributed by atoms with Gasteiger partial charge in [-0.2, -0.15) is 13.2 Å². The average Bonchev–Trinajstić information content (AvgIpc) is 3.60. The van der Waals surface area contributed by atoms with E-state index in [1.165, 1.54) is 46.6 Å². The van der Waals surface area contributed by atoms with Gasteiger partial charge in [0.2, 0.25) is 0 Å². The van der Waals surface area contributed by atoms with Gasteiger partial charge in [0.15, 0.2) is 28.1 Å². The van der Waals surface area contributed by atoms with E-state index in [1.807, 2.05) is 0 Å². The largest absolute Gasteiger partial charge is 0.427 e. The highest BCUT2D eigenvalue weighted by molar-refractivity contribution is 14.1. The lowest BCUT2D eigenvalue weighted by atomic mass is 10.1. The van der Waals surface area contributed by atoms with E-state index in [-0.39, 0.29) is 16.6 Å². The minimum atomic E-state index is -4.61. The second kappa shape index (κ2) is 13.8. The van der Waals surface area contributed by atoms with Crippen LogP contribution in [0.3, 0.4) is 0 Å². The molecule has 0 bridgehead atoms. The first-order valence-corrected chi connectivity index (χ1v) is 15.6. The quantitative estimate of drug-likeness (QED) is 0.220. The summed E-state index contributed by atoms with van der Waals surface area (Å²) in [6.45, 7) is 7.34. The Morgan fingerprint density at radius 2 is 1.98 bits per heavy atom. The highest BCUT2D eigenvalue weighted by Gasteiger charge is 2.35. The molecule has 2 aliphatic heterocycles. The lowest BCUT2D eigenvalue weighted by Crippen LogP contribution is -2.47. The topological polar surface area (TPSA) is 104 Å². The van der Waals surface area contributed by atoms with Crippen molar-refractivity contribution in [2.45, 2.75) is 44.9 Å². The van der Waals surface area contributed by atoms with Gasteiger partial charge in [-0.25, -0.2) is 15.0 Å². The van der Waals surface area contributed by atoms with E-state index in [4.69, 9.17) is 3.07 Å². The van der Waals surface area contributed by atoms with Gasteiger partial charge in [0.1, 0.15) is 23.5 Å². The molecule has 10 nitrogen and oxygen atoms in total. The zero-order chi connectivity index (χ0) is 30.6. The number of alkyl halides is 3. The summed E-state index contributed by atoms with van der Waals surface area (Å²) in [5.74, 6) is -0.134. The number of hydrogen-bond donors (Lipinski definition) is 1. The number of anilines is 2. The molecule has 1 unspecified atom stereocenters. The molecule has 2 saturated heterocycles. The van der Waals surface area contributed by atoms with E-state index in [1.54, 1.807) is 12.3 Å². The number of hydrogen-bond acceptors (Lipinski definition) is 10. The maximum Gasteiger partial charge on any atom is 0.420 e. The molecule has 0 spiro atoms. The third kappa shape index (κ3) is 7.61. The number of halogens is 4. The fraction of sp³-hybridized carbons (Fsp3) is 0.464. The molecule has 2 aliphatic rings. The highest BCUT2D eigenvalue weighted by Crippen LogP contribution is 2.41. The van der Waals surface area contributed by atoms with E-state index in [9.17, 15) is 22.8 Å². The number of rotatable bonds is 10. The molecular weight excluding hydrogens is 698 g/mol. The van der Waals surface area contributed by atoms with Gasteiger partial charge in [0.05, 0.1) is 23.7 Å². The van der Waals surface area contributed by atoms with Crippen molar-refractivity contribution in [3.05, 3.63) is 46.7 Å². The van der Waals surface area contributed by atoms with Gasteiger partial charge in [-0.3, -0.25) is 19.9 Å². The van der Waals surface area contributed by atoms with Gasteiger partial charge in [-0.15, -0.1) is 0 Å². The fourth-order valence-corrected chi connectivity index (χ4v) is 6.70. The lowest BCUT2D eigenvalue weighted by molar-refractivity contribution is -0.138. The number of aldehydes is 1. The standard InChI is InChI=1S/C28H31F3IN7O3S/c1-18-4-2-8-39(18)17-23-25(19-5-6-22(42-32)20(14-19)28(29,30)31)35-27(43-23)36-26(41)21-15-34-24(16-33-21)38-11-9-37(10-12-38)7-3-13-40/h5-6,13-16,18H,2-4,7-12,17H2,1H3,(H,35,36,41). The van der Waals surface area contributed by atoms with E-state index in [0.717, 1.165) is 69.3 Å². The molecule has 1 amide bonds. The number of nitrogens with zero attached hydrogens (tertiary/aromatic N) is 6. The number of likely N-dealkylation sites (tertiary alicyclic amines) is 1. The van der Waals surface area contributed by atoms with E-state index in [2.05, 4.69) is 41.9 Å². The molecule has 230 valence electrons. The second-order valence-corrected chi connectivity index (χ2v) is 12.1. The Balaban J connectivity index is 1.34. The molecule has 1 aromatic carbocycles. The van der Waals surface area contributed by atoms with Crippen molar-refractivity contribution in [3.8, 4) is 17.0 Å². The predicted octanol–water partition coefficient (Wildman–Crippen LogP) is 5.30. The summed E-state index contributed by atoms with van der Waals surface area (Å²) in [5, 5.41) is 3.03. The first-order valence-electron chi connectivity index (χ1n) is 13.9. The zero-order valence-corrected chi connectivity index (χ0v) is 26.4. The van der Waals surface area contributed by atoms with Gasteiger partial charge in [0.25, 0.3) is 5.91 Å². The molecule has 0 aliphatic carbocycles. The van der Waals surface area contributed by atoms with Crippen LogP contribution in [-0.4, -0.2) is 82.3 Å². The summed E-state index contributed by atoms with van der Waals surface area (Å²) in [6.07, 6.45) is 1.87. The van der Waals surface area contributed by atoms with Crippen LogP contribution in [0, 0.1) is 0 Å². The Bertz CT molecular complexity index is 1430. The summed E-state index contributed by atoms with van der Waals surface area (Å²) < 4.78 is 46.3. The van der Waals surface area contributed by atoms with Crippen LogP contribution in [0.1, 0.15) is 47.1 Å². The summed E-state index contributed by atoms with van der Waals surface area (Å²) in [5.41, 5.74) is -0.115. The Hall–Kier alpha value is -2.89. The number of nitrogens with one attached hydrogen (secondary N) is 1. The fourth-order valence-electron chi connectivity index (χ4n) is 5.31. The van der Waals surface area contributed by atoms with Crippen LogP contribution in [0.4, 0.5) is 24.1 Å². The Kier molecular flexibility index (Phi) is 10.1. The van der Waals surface area contributed by atoms with Crippen molar-refractivity contribution < 1.29 is 25.8 Å². The van der Waals surface area contributed by atoms with Crippen LogP contribution in [0.15, 0.2) is 30.6 Å². The Morgan fingerprint density at radius 1 is 1.19 bits per heavy atom. The molecule has 3 aromatic rings. The number of aromatic nitrogens is 3. The van der Waals surface area contributed by atoms with Crippen molar-refractivity contribution in [2.75, 3.05) is 49.5 Å². The Labute approximate surface area is 265 Å². The first kappa shape index (κ1) is 31.5. The highest BCUT2D eigenvalue weighted by atomic mass is 127. The van der Waals surface area contributed by atoms with E-state index in [0.29, 0.717) is 36.1 Å². The molecule has 0 radical (unpaired) electrons. The number of carbonyl (C=O) groups excluding carboxylic acids is 2. The number of thiazole rings is 1. The molecule has 0 saturated carbocycles. The number of piperazine rings is 1. The van der Waals surface area contributed by atoms with Gasteiger partial charge < -0.3 is 12.8 Å². The smallest absolute Gasteiger partial charge is 0.420 e. The average molecular weight is 730 g/mol. The van der Waals surface area contributed by atoms with E-state index >= 15 is 0 Å². The van der Waals surface area contributed by atoms with Crippen molar-refractivity contribution in [2.24, 2.45) is 0 Å². The maximum absolute atomic E-state index is 13.8. The van der Waals surface area contributed by atoms with Crippen molar-refractivity contribution in [1.82, 2.24) is 24.8 Å². The molecule has 4 heterocycles. The normalized spacial score (nSPS) is 18.2. The van der Waals surface area contributed by atoms with Crippen molar-refractivity contribution >= 4 is 57.5 Å². The van der Waals surface area contributed by atoms with Crippen LogP contribution in [-0.2, 0) is 17.5 Å². The minimum absolute atomic E-state index is 0.0998. The summed E-state index contributed by atoms with van der Waals surface area (Å²) in [4.78, 5) is 44.4. The maximum atomic E-state index is 13.8. The SMILES string of the molecule is CC1CCCN1Cc1sc(NC(=O)c2cnc(N3CCN(CCC=O)CC3)cn2)nc1-c1ccc(OI)c(C(F)(F)F)c1. The molecule has 43 heavy (non-hydrogen) atoms. The van der Waals surface area contributed by atoms with Crippen LogP contribution in [0.2, 0.25) is 0 Å². The van der Waals surface area contributed by atoms with Gasteiger partial charge in [-0.1, -0.05) is 11.3 Å². The lowest BCUT2D eigenvalue weighted by Gasteiger charge is -2.34. The molecular formula is C28H31F3IN7O3S. The predicted molar refractivity (Wildman–Crippen MR) is 166 cm³/mol. The van der Waals surface area contributed by atoms with Gasteiger partial charge in [0, 0.05) is 62.2 Å². The number of carbonyl (C=O) groups is 2. The third-order valence-electron chi connectivity index (χ3n) is 7.73. The van der Waals surface area contributed by atoms with Crippen molar-refractivity contribution in [1.29, 1.82) is 0 Å². The molecule has 15 heteroatoms. The number of benzene rings is 1. The Morgan fingerprint density at radius 3 is 2.60 bits per heavy atom. The van der Waals surface area contributed by atoms with Crippen LogP contribution < -0.4 is 13.3 Å². The van der Waals surface area contributed by atoms with Crippen molar-refractivity contribution in [3.63, 3.8) is 0 Å². The number of amides is 1. The molecule has 2 aromatic heterocycles. The van der Waals surface area contributed by atoms with Gasteiger partial charge in [-0.05, 0) is 44.5 Å². The van der Waals surface area contributed by atoms with E-state index < -0.39 is 17.6 Å². The minimum Gasteiger partial charge on any atom is -0.427 e. The molecule has 5 rings (SSSR count). The van der Waals surface area contributed by atoms with Crippen LogP contribution >= 0.6 is 34.3 Å².